The number of hydrogen-bond acceptors (Lipinski definition) is 3. The predicted molar refractivity (Wildman–Crippen MR) is 79.9 cm³/mol. The smallest absolute Gasteiger partial charge is 0.234 e. The number of hydrogen-bond donors (Lipinski definition) is 2. The quantitative estimate of drug-likeness (QED) is 0.876. The molecule has 1 saturated heterocycles. The monoisotopic (exact) mass is 296 g/mol. The standard InChI is InChI=1S/C15H21ClN2O2/c1-11(12-3-2-4-13(16)9-12)17-10-15(19)18-14-5-7-20-8-6-14/h2-4,9,11,14,17H,5-8,10H2,1H3,(H,18,19)/t11-/m0/s1. The van der Waals surface area contributed by atoms with Gasteiger partial charge in [-0.15, -0.1) is 0 Å². The van der Waals surface area contributed by atoms with Crippen LogP contribution in [0.2, 0.25) is 5.02 Å². The van der Waals surface area contributed by atoms with Gasteiger partial charge in [-0.3, -0.25) is 4.79 Å². The van der Waals surface area contributed by atoms with Crippen LogP contribution in [0.4, 0.5) is 0 Å². The maximum Gasteiger partial charge on any atom is 0.234 e. The van der Waals surface area contributed by atoms with Gasteiger partial charge >= 0.3 is 0 Å². The van der Waals surface area contributed by atoms with Crippen molar-refractivity contribution in [2.45, 2.75) is 31.8 Å². The van der Waals surface area contributed by atoms with Crippen molar-refractivity contribution in [2.75, 3.05) is 19.8 Å². The van der Waals surface area contributed by atoms with E-state index in [1.54, 1.807) is 0 Å². The highest BCUT2D eigenvalue weighted by molar-refractivity contribution is 6.30. The second-order valence-electron chi connectivity index (χ2n) is 5.11. The molecule has 1 amide bonds. The molecule has 0 aliphatic carbocycles. The molecule has 0 saturated carbocycles. The predicted octanol–water partition coefficient (Wildman–Crippen LogP) is 2.29. The average Bonchev–Trinajstić information content (AvgIpc) is 2.46. The molecule has 0 bridgehead atoms. The van der Waals surface area contributed by atoms with Crippen LogP contribution < -0.4 is 10.6 Å². The molecule has 5 heteroatoms. The molecule has 1 atom stereocenters. The van der Waals surface area contributed by atoms with Crippen molar-refractivity contribution in [1.29, 1.82) is 0 Å². The number of carbonyl (C=O) groups is 1. The van der Waals surface area contributed by atoms with Crippen molar-refractivity contribution in [1.82, 2.24) is 10.6 Å². The maximum absolute atomic E-state index is 11.9. The lowest BCUT2D eigenvalue weighted by Gasteiger charge is -2.23. The Balaban J connectivity index is 1.75. The van der Waals surface area contributed by atoms with E-state index in [1.807, 2.05) is 31.2 Å². The van der Waals surface area contributed by atoms with Crippen LogP contribution in [0.3, 0.4) is 0 Å². The molecule has 1 aliphatic rings. The maximum atomic E-state index is 11.9. The van der Waals surface area contributed by atoms with Crippen LogP contribution in [0.25, 0.3) is 0 Å². The van der Waals surface area contributed by atoms with Crippen molar-refractivity contribution in [3.63, 3.8) is 0 Å². The fourth-order valence-corrected chi connectivity index (χ4v) is 2.46. The van der Waals surface area contributed by atoms with Crippen LogP contribution >= 0.6 is 11.6 Å². The topological polar surface area (TPSA) is 50.4 Å². The third-order valence-corrected chi connectivity index (χ3v) is 3.74. The highest BCUT2D eigenvalue weighted by atomic mass is 35.5. The van der Waals surface area contributed by atoms with Crippen molar-refractivity contribution in [3.05, 3.63) is 34.9 Å². The molecule has 0 radical (unpaired) electrons. The van der Waals surface area contributed by atoms with Crippen LogP contribution in [-0.2, 0) is 9.53 Å². The lowest BCUT2D eigenvalue weighted by molar-refractivity contribution is -0.121. The Morgan fingerprint density at radius 1 is 1.45 bits per heavy atom. The van der Waals surface area contributed by atoms with Crippen LogP contribution in [0, 0.1) is 0 Å². The van der Waals surface area contributed by atoms with E-state index in [-0.39, 0.29) is 18.0 Å². The molecule has 0 aromatic heterocycles. The fraction of sp³-hybridized carbons (Fsp3) is 0.533. The van der Waals surface area contributed by atoms with Gasteiger partial charge in [-0.05, 0) is 37.5 Å². The summed E-state index contributed by atoms with van der Waals surface area (Å²) < 4.78 is 5.27. The van der Waals surface area contributed by atoms with Crippen molar-refractivity contribution >= 4 is 17.5 Å². The zero-order valence-electron chi connectivity index (χ0n) is 11.7. The van der Waals surface area contributed by atoms with Crippen LogP contribution in [0.15, 0.2) is 24.3 Å². The molecule has 0 unspecified atom stereocenters. The Kier molecular flexibility index (Phi) is 5.83. The number of halogens is 1. The van der Waals surface area contributed by atoms with Gasteiger partial charge in [0.05, 0.1) is 6.54 Å². The van der Waals surface area contributed by atoms with Crippen LogP contribution in [0.5, 0.6) is 0 Å². The van der Waals surface area contributed by atoms with E-state index in [9.17, 15) is 4.79 Å². The first-order valence-corrected chi connectivity index (χ1v) is 7.39. The van der Waals surface area contributed by atoms with Gasteiger partial charge in [-0.25, -0.2) is 0 Å². The number of carbonyl (C=O) groups excluding carboxylic acids is 1. The first kappa shape index (κ1) is 15.3. The van der Waals surface area contributed by atoms with E-state index in [0.29, 0.717) is 11.6 Å². The Hall–Kier alpha value is -1.10. The number of ether oxygens (including phenoxy) is 1. The van der Waals surface area contributed by atoms with Crippen molar-refractivity contribution < 1.29 is 9.53 Å². The van der Waals surface area contributed by atoms with Gasteiger partial charge in [-0.1, -0.05) is 23.7 Å². The Labute approximate surface area is 124 Å². The van der Waals surface area contributed by atoms with Crippen LogP contribution in [0.1, 0.15) is 31.4 Å². The molecule has 110 valence electrons. The Morgan fingerprint density at radius 2 is 2.20 bits per heavy atom. The van der Waals surface area contributed by atoms with E-state index in [1.165, 1.54) is 0 Å². The molecule has 0 spiro atoms. The molecule has 1 aromatic carbocycles. The summed E-state index contributed by atoms with van der Waals surface area (Å²) in [6.07, 6.45) is 1.80. The summed E-state index contributed by atoms with van der Waals surface area (Å²) in [6.45, 7) is 3.80. The van der Waals surface area contributed by atoms with Gasteiger partial charge in [0, 0.05) is 30.3 Å². The van der Waals surface area contributed by atoms with E-state index in [4.69, 9.17) is 16.3 Å². The summed E-state index contributed by atoms with van der Waals surface area (Å²) in [5, 5.41) is 6.95. The molecule has 1 aliphatic heterocycles. The summed E-state index contributed by atoms with van der Waals surface area (Å²) in [4.78, 5) is 11.9. The SMILES string of the molecule is C[C@H](NCC(=O)NC1CCOCC1)c1cccc(Cl)c1. The van der Waals surface area contributed by atoms with Gasteiger partial charge < -0.3 is 15.4 Å². The zero-order valence-corrected chi connectivity index (χ0v) is 12.5. The average molecular weight is 297 g/mol. The van der Waals surface area contributed by atoms with Crippen molar-refractivity contribution in [3.8, 4) is 0 Å². The number of nitrogens with one attached hydrogen (secondary N) is 2. The van der Waals surface area contributed by atoms with Crippen molar-refractivity contribution in [2.24, 2.45) is 0 Å². The summed E-state index contributed by atoms with van der Waals surface area (Å²) in [7, 11) is 0. The second-order valence-corrected chi connectivity index (χ2v) is 5.55. The molecule has 2 rings (SSSR count). The van der Waals surface area contributed by atoms with Crippen LogP contribution in [-0.4, -0.2) is 31.7 Å². The van der Waals surface area contributed by atoms with E-state index in [2.05, 4.69) is 10.6 Å². The third-order valence-electron chi connectivity index (χ3n) is 3.50. The van der Waals surface area contributed by atoms with Gasteiger partial charge in [0.2, 0.25) is 5.91 Å². The summed E-state index contributed by atoms with van der Waals surface area (Å²) >= 11 is 5.96. The summed E-state index contributed by atoms with van der Waals surface area (Å²) in [5.41, 5.74) is 1.08. The lowest BCUT2D eigenvalue weighted by Crippen LogP contribution is -2.43. The molecular weight excluding hydrogens is 276 g/mol. The molecule has 1 heterocycles. The molecule has 1 aromatic rings. The highest BCUT2D eigenvalue weighted by Gasteiger charge is 2.16. The number of amides is 1. The molecule has 4 nitrogen and oxygen atoms in total. The Bertz CT molecular complexity index is 447. The zero-order chi connectivity index (χ0) is 14.4. The van der Waals surface area contributed by atoms with Gasteiger partial charge in [0.15, 0.2) is 0 Å². The summed E-state index contributed by atoms with van der Waals surface area (Å²) in [5.74, 6) is 0.0331. The van der Waals surface area contributed by atoms with E-state index in [0.717, 1.165) is 31.6 Å². The third kappa shape index (κ3) is 4.78. The molecule has 20 heavy (non-hydrogen) atoms. The number of rotatable bonds is 5. The second kappa shape index (κ2) is 7.62. The lowest BCUT2D eigenvalue weighted by atomic mass is 10.1. The van der Waals surface area contributed by atoms with Gasteiger partial charge in [0.1, 0.15) is 0 Å². The molecular formula is C15H21ClN2O2. The van der Waals surface area contributed by atoms with Gasteiger partial charge in [0.25, 0.3) is 0 Å². The first-order valence-electron chi connectivity index (χ1n) is 7.01. The Morgan fingerprint density at radius 3 is 2.90 bits per heavy atom. The van der Waals surface area contributed by atoms with E-state index >= 15 is 0 Å². The highest BCUT2D eigenvalue weighted by Crippen LogP contribution is 2.17. The largest absolute Gasteiger partial charge is 0.381 e. The minimum atomic E-state index is 0.0331. The minimum absolute atomic E-state index is 0.0331. The van der Waals surface area contributed by atoms with Gasteiger partial charge in [-0.2, -0.15) is 0 Å². The molecule has 1 fully saturated rings. The normalized spacial score (nSPS) is 17.7. The minimum Gasteiger partial charge on any atom is -0.381 e. The first-order chi connectivity index (χ1) is 9.65. The fourth-order valence-electron chi connectivity index (χ4n) is 2.26. The summed E-state index contributed by atoms with van der Waals surface area (Å²) in [6, 6.07) is 8.01. The number of benzene rings is 1. The molecule has 2 N–H and O–H groups in total. The van der Waals surface area contributed by atoms with E-state index < -0.39 is 0 Å².